The van der Waals surface area contributed by atoms with Crippen molar-refractivity contribution in [1.82, 2.24) is 5.32 Å². The second-order valence-electron chi connectivity index (χ2n) is 7.11. The van der Waals surface area contributed by atoms with Crippen molar-refractivity contribution >= 4 is 27.5 Å². The summed E-state index contributed by atoms with van der Waals surface area (Å²) in [7, 11) is -0.598. The lowest BCUT2D eigenvalue weighted by Gasteiger charge is -2.20. The van der Waals surface area contributed by atoms with E-state index in [-0.39, 0.29) is 23.1 Å². The minimum atomic E-state index is -3.72. The lowest BCUT2D eigenvalue weighted by molar-refractivity contribution is -0.122. The summed E-state index contributed by atoms with van der Waals surface area (Å²) in [6, 6.07) is 12.1. The summed E-state index contributed by atoms with van der Waals surface area (Å²) >= 11 is 0. The van der Waals surface area contributed by atoms with Gasteiger partial charge in [0, 0.05) is 19.4 Å². The quantitative estimate of drug-likeness (QED) is 0.666. The van der Waals surface area contributed by atoms with E-state index in [4.69, 9.17) is 9.47 Å². The molecule has 160 valence electrons. The Balaban J connectivity index is 1.55. The molecule has 0 saturated carbocycles. The van der Waals surface area contributed by atoms with Gasteiger partial charge in [-0.15, -0.1) is 4.40 Å². The number of methoxy groups -OCH3 is 2. The number of anilines is 1. The number of fused-ring (bicyclic) bond motifs is 1. The number of hydrogen-bond donors (Lipinski definition) is 2. The third-order valence-electron chi connectivity index (χ3n) is 4.69. The lowest BCUT2D eigenvalue weighted by Crippen LogP contribution is -2.27. The molecule has 0 unspecified atom stereocenters. The highest BCUT2D eigenvalue weighted by Gasteiger charge is 2.25. The van der Waals surface area contributed by atoms with Crippen molar-refractivity contribution < 1.29 is 22.7 Å². The smallest absolute Gasteiger partial charge is 0.286 e. The van der Waals surface area contributed by atoms with Crippen LogP contribution >= 0.6 is 0 Å². The standard InChI is InChI=1S/C21H25N3O5S/c1-14(10-20-23-16-6-4-5-7-19(16)30(26,27)24-20)11-21(25)22-13-15-8-9-17(28-2)18(12-15)29-3/h4-9,12,14H,10-11,13H2,1-3H3,(H,22,25)(H,23,24)/t14-/m0/s1. The van der Waals surface area contributed by atoms with Crippen molar-refractivity contribution in [2.24, 2.45) is 10.3 Å². The minimum absolute atomic E-state index is 0.0953. The fourth-order valence-corrected chi connectivity index (χ4v) is 4.39. The summed E-state index contributed by atoms with van der Waals surface area (Å²) < 4.78 is 39.0. The maximum atomic E-state index is 12.3. The molecular weight excluding hydrogens is 406 g/mol. The van der Waals surface area contributed by atoms with Crippen LogP contribution in [0.5, 0.6) is 11.5 Å². The number of rotatable bonds is 8. The van der Waals surface area contributed by atoms with Gasteiger partial charge in [0.25, 0.3) is 10.0 Å². The Bertz CT molecular complexity index is 1070. The van der Waals surface area contributed by atoms with Crippen LogP contribution in [-0.2, 0) is 21.4 Å². The topological polar surface area (TPSA) is 106 Å². The summed E-state index contributed by atoms with van der Waals surface area (Å²) in [5.74, 6) is 1.34. The number of nitrogens with zero attached hydrogens (tertiary/aromatic N) is 1. The summed E-state index contributed by atoms with van der Waals surface area (Å²) in [5, 5.41) is 5.93. The highest BCUT2D eigenvalue weighted by Crippen LogP contribution is 2.29. The number of carbonyl (C=O) groups excluding carboxylic acids is 1. The monoisotopic (exact) mass is 431 g/mol. The fraction of sp³-hybridized carbons (Fsp3) is 0.333. The number of nitrogens with one attached hydrogen (secondary N) is 2. The first kappa shape index (κ1) is 21.6. The molecule has 2 aromatic rings. The average Bonchev–Trinajstić information content (AvgIpc) is 2.71. The van der Waals surface area contributed by atoms with Gasteiger partial charge in [0.15, 0.2) is 11.5 Å². The van der Waals surface area contributed by atoms with Gasteiger partial charge in [-0.05, 0) is 35.7 Å². The fourth-order valence-electron chi connectivity index (χ4n) is 3.24. The molecule has 0 saturated heterocycles. The van der Waals surface area contributed by atoms with Gasteiger partial charge in [0.05, 0.1) is 19.9 Å². The Morgan fingerprint density at radius 3 is 2.60 bits per heavy atom. The first-order valence-corrected chi connectivity index (χ1v) is 10.9. The number of carbonyl (C=O) groups is 1. The second kappa shape index (κ2) is 9.17. The summed E-state index contributed by atoms with van der Waals surface area (Å²) in [6.45, 7) is 2.24. The molecule has 0 aromatic heterocycles. The van der Waals surface area contributed by atoms with Crippen LogP contribution in [0.4, 0.5) is 5.69 Å². The molecule has 2 aromatic carbocycles. The molecule has 1 amide bonds. The van der Waals surface area contributed by atoms with Gasteiger partial charge in [-0.1, -0.05) is 25.1 Å². The molecule has 1 heterocycles. The van der Waals surface area contributed by atoms with E-state index in [9.17, 15) is 13.2 Å². The maximum absolute atomic E-state index is 12.3. The molecule has 30 heavy (non-hydrogen) atoms. The molecule has 9 heteroatoms. The molecular formula is C21H25N3O5S. The van der Waals surface area contributed by atoms with E-state index in [2.05, 4.69) is 15.0 Å². The molecule has 1 aliphatic rings. The molecule has 0 fully saturated rings. The van der Waals surface area contributed by atoms with Crippen LogP contribution in [-0.4, -0.2) is 34.4 Å². The van der Waals surface area contributed by atoms with E-state index in [0.717, 1.165) is 5.56 Å². The number of benzene rings is 2. The van der Waals surface area contributed by atoms with Crippen LogP contribution in [0.15, 0.2) is 51.8 Å². The van der Waals surface area contributed by atoms with Crippen LogP contribution < -0.4 is 20.1 Å². The zero-order valence-corrected chi connectivity index (χ0v) is 18.0. The van der Waals surface area contributed by atoms with Crippen molar-refractivity contribution in [2.45, 2.75) is 31.2 Å². The van der Waals surface area contributed by atoms with Gasteiger partial charge in [-0.2, -0.15) is 8.42 Å². The van der Waals surface area contributed by atoms with E-state index in [1.54, 1.807) is 38.5 Å². The molecule has 0 radical (unpaired) electrons. The predicted molar refractivity (Wildman–Crippen MR) is 114 cm³/mol. The number of para-hydroxylation sites is 1. The number of sulfonamides is 1. The lowest BCUT2D eigenvalue weighted by atomic mass is 10.0. The molecule has 0 aliphatic carbocycles. The van der Waals surface area contributed by atoms with Crippen LogP contribution in [0.25, 0.3) is 0 Å². The summed E-state index contributed by atoms with van der Waals surface area (Å²) in [4.78, 5) is 12.5. The van der Waals surface area contributed by atoms with Crippen molar-refractivity contribution in [2.75, 3.05) is 19.5 Å². The van der Waals surface area contributed by atoms with Gasteiger partial charge < -0.3 is 20.1 Å². The van der Waals surface area contributed by atoms with Crippen molar-refractivity contribution in [3.63, 3.8) is 0 Å². The molecule has 3 rings (SSSR count). The van der Waals surface area contributed by atoms with Crippen LogP contribution in [0, 0.1) is 5.92 Å². The largest absolute Gasteiger partial charge is 0.493 e. The van der Waals surface area contributed by atoms with Crippen molar-refractivity contribution in [3.05, 3.63) is 48.0 Å². The summed E-state index contributed by atoms with van der Waals surface area (Å²) in [5.41, 5.74) is 1.39. The third kappa shape index (κ3) is 5.10. The van der Waals surface area contributed by atoms with E-state index < -0.39 is 10.0 Å². The first-order valence-electron chi connectivity index (χ1n) is 9.50. The Morgan fingerprint density at radius 2 is 1.87 bits per heavy atom. The second-order valence-corrected chi connectivity index (χ2v) is 8.69. The van der Waals surface area contributed by atoms with Gasteiger partial charge in [0.1, 0.15) is 10.7 Å². The molecule has 0 bridgehead atoms. The summed E-state index contributed by atoms with van der Waals surface area (Å²) in [6.07, 6.45) is 0.590. The van der Waals surface area contributed by atoms with Crippen molar-refractivity contribution in [3.8, 4) is 11.5 Å². The van der Waals surface area contributed by atoms with E-state index in [0.29, 0.717) is 36.0 Å². The van der Waals surface area contributed by atoms with Crippen LogP contribution in [0.2, 0.25) is 0 Å². The Morgan fingerprint density at radius 1 is 1.13 bits per heavy atom. The molecule has 8 nitrogen and oxygen atoms in total. The van der Waals surface area contributed by atoms with E-state index in [1.165, 1.54) is 6.07 Å². The highest BCUT2D eigenvalue weighted by atomic mass is 32.2. The predicted octanol–water partition coefficient (Wildman–Crippen LogP) is 2.95. The zero-order chi connectivity index (χ0) is 21.7. The Kier molecular flexibility index (Phi) is 6.61. The molecule has 1 aliphatic heterocycles. The van der Waals surface area contributed by atoms with Gasteiger partial charge in [-0.3, -0.25) is 4.79 Å². The van der Waals surface area contributed by atoms with Gasteiger partial charge in [-0.25, -0.2) is 0 Å². The normalized spacial score (nSPS) is 15.2. The first-order chi connectivity index (χ1) is 14.3. The molecule has 2 N–H and O–H groups in total. The minimum Gasteiger partial charge on any atom is -0.493 e. The Labute approximate surface area is 176 Å². The van der Waals surface area contributed by atoms with Gasteiger partial charge in [0.2, 0.25) is 5.91 Å². The maximum Gasteiger partial charge on any atom is 0.286 e. The molecule has 0 spiro atoms. The van der Waals surface area contributed by atoms with Crippen LogP contribution in [0.3, 0.4) is 0 Å². The van der Waals surface area contributed by atoms with Crippen LogP contribution in [0.1, 0.15) is 25.3 Å². The van der Waals surface area contributed by atoms with E-state index >= 15 is 0 Å². The highest BCUT2D eigenvalue weighted by molar-refractivity contribution is 7.90. The average molecular weight is 432 g/mol. The van der Waals surface area contributed by atoms with E-state index in [1.807, 2.05) is 19.1 Å². The third-order valence-corrected chi connectivity index (χ3v) is 6.06. The number of amidine groups is 1. The number of hydrogen-bond acceptors (Lipinski definition) is 6. The van der Waals surface area contributed by atoms with Crippen molar-refractivity contribution in [1.29, 1.82) is 0 Å². The Hall–Kier alpha value is -3.07. The molecule has 1 atom stereocenters. The zero-order valence-electron chi connectivity index (χ0n) is 17.1. The number of ether oxygens (including phenoxy) is 2. The number of amides is 1. The SMILES string of the molecule is COc1ccc(CNC(=O)C[C@@H](C)CC2=NS(=O)(=O)c3ccccc3N2)cc1OC. The van der Waals surface area contributed by atoms with Gasteiger partial charge >= 0.3 is 0 Å².